The summed E-state index contributed by atoms with van der Waals surface area (Å²) in [6.07, 6.45) is 0.485. The van der Waals surface area contributed by atoms with Crippen molar-refractivity contribution in [2.45, 2.75) is 19.0 Å². The first-order chi connectivity index (χ1) is 13.1. The van der Waals surface area contributed by atoms with Gasteiger partial charge in [-0.1, -0.05) is 12.1 Å². The summed E-state index contributed by atoms with van der Waals surface area (Å²) >= 11 is 1.87. The molecule has 5 nitrogen and oxygen atoms in total. The van der Waals surface area contributed by atoms with E-state index in [1.165, 1.54) is 24.3 Å². The average Bonchev–Trinajstić information content (AvgIpc) is 2.69. The highest BCUT2D eigenvalue weighted by Gasteiger charge is 2.16. The second-order valence-electron chi connectivity index (χ2n) is 6.36. The zero-order valence-corrected chi connectivity index (χ0v) is 15.7. The van der Waals surface area contributed by atoms with Crippen molar-refractivity contribution in [1.29, 1.82) is 0 Å². The van der Waals surface area contributed by atoms with Crippen LogP contribution in [0.1, 0.15) is 22.3 Å². The molecular formula is C20H22FN3O2S. The fourth-order valence-corrected chi connectivity index (χ4v) is 3.71. The lowest BCUT2D eigenvalue weighted by molar-refractivity contribution is -0.121. The van der Waals surface area contributed by atoms with Gasteiger partial charge >= 0.3 is 0 Å². The van der Waals surface area contributed by atoms with Crippen molar-refractivity contribution in [1.82, 2.24) is 10.6 Å². The van der Waals surface area contributed by atoms with E-state index in [1.807, 2.05) is 23.9 Å². The fourth-order valence-electron chi connectivity index (χ4n) is 2.76. The maximum atomic E-state index is 12.9. The molecule has 1 unspecified atom stereocenters. The van der Waals surface area contributed by atoms with Gasteiger partial charge in [0.15, 0.2) is 0 Å². The number of hydrogen-bond donors (Lipinski definition) is 3. The summed E-state index contributed by atoms with van der Waals surface area (Å²) in [5, 5.41) is 9.04. The second-order valence-corrected chi connectivity index (χ2v) is 7.51. The largest absolute Gasteiger partial charge is 0.352 e. The number of amides is 2. The molecule has 0 saturated carbocycles. The van der Waals surface area contributed by atoms with Gasteiger partial charge in [0.2, 0.25) is 5.91 Å². The van der Waals surface area contributed by atoms with Crippen molar-refractivity contribution in [3.8, 4) is 0 Å². The number of thioether (sulfide) groups is 1. The predicted molar refractivity (Wildman–Crippen MR) is 106 cm³/mol. The predicted octanol–water partition coefficient (Wildman–Crippen LogP) is 2.79. The molecule has 7 heteroatoms. The Labute approximate surface area is 162 Å². The van der Waals surface area contributed by atoms with Gasteiger partial charge in [-0.25, -0.2) is 4.39 Å². The first-order valence-corrected chi connectivity index (χ1v) is 9.99. The van der Waals surface area contributed by atoms with Crippen LogP contribution in [0.5, 0.6) is 0 Å². The molecule has 0 aromatic heterocycles. The van der Waals surface area contributed by atoms with E-state index in [-0.39, 0.29) is 23.7 Å². The highest BCUT2D eigenvalue weighted by molar-refractivity contribution is 7.99. The Balaban J connectivity index is 1.46. The zero-order chi connectivity index (χ0) is 19.1. The number of rotatable bonds is 6. The SMILES string of the molecule is O=C(CC1CSCCN1)NCc1ccc(NC(=O)c2ccc(F)cc2)cc1. The molecule has 3 rings (SSSR count). The third-order valence-corrected chi connectivity index (χ3v) is 5.37. The minimum atomic E-state index is -0.379. The third-order valence-electron chi connectivity index (χ3n) is 4.24. The molecule has 2 amide bonds. The molecule has 0 bridgehead atoms. The molecule has 27 heavy (non-hydrogen) atoms. The normalized spacial score (nSPS) is 16.6. The summed E-state index contributed by atoms with van der Waals surface area (Å²) in [5.74, 6) is 1.42. The molecule has 1 saturated heterocycles. The van der Waals surface area contributed by atoms with E-state index in [2.05, 4.69) is 16.0 Å². The monoisotopic (exact) mass is 387 g/mol. The molecule has 2 aromatic rings. The molecule has 1 aliphatic heterocycles. The molecule has 2 aromatic carbocycles. The van der Waals surface area contributed by atoms with Crippen molar-refractivity contribution in [3.05, 3.63) is 65.5 Å². The van der Waals surface area contributed by atoms with Crippen molar-refractivity contribution in [2.24, 2.45) is 0 Å². The molecule has 142 valence electrons. The van der Waals surface area contributed by atoms with Gasteiger partial charge in [0.05, 0.1) is 0 Å². The average molecular weight is 387 g/mol. The van der Waals surface area contributed by atoms with Crippen molar-refractivity contribution < 1.29 is 14.0 Å². The van der Waals surface area contributed by atoms with Crippen LogP contribution in [0.4, 0.5) is 10.1 Å². The van der Waals surface area contributed by atoms with E-state index in [0.717, 1.165) is 23.6 Å². The van der Waals surface area contributed by atoms with Gasteiger partial charge in [-0.3, -0.25) is 9.59 Å². The number of benzene rings is 2. The summed E-state index contributed by atoms with van der Waals surface area (Å²) < 4.78 is 12.9. The number of halogens is 1. The van der Waals surface area contributed by atoms with E-state index in [0.29, 0.717) is 24.2 Å². The van der Waals surface area contributed by atoms with Crippen LogP contribution in [-0.4, -0.2) is 35.9 Å². The maximum Gasteiger partial charge on any atom is 0.255 e. The van der Waals surface area contributed by atoms with Crippen LogP contribution in [0, 0.1) is 5.82 Å². The molecule has 0 radical (unpaired) electrons. The Morgan fingerprint density at radius 3 is 2.52 bits per heavy atom. The third kappa shape index (κ3) is 6.08. The molecule has 1 heterocycles. The van der Waals surface area contributed by atoms with Gasteiger partial charge < -0.3 is 16.0 Å². The summed E-state index contributed by atoms with van der Waals surface area (Å²) in [5.41, 5.74) is 1.99. The van der Waals surface area contributed by atoms with Crippen molar-refractivity contribution in [2.75, 3.05) is 23.4 Å². The molecule has 0 aliphatic carbocycles. The topological polar surface area (TPSA) is 70.2 Å². The summed E-state index contributed by atoms with van der Waals surface area (Å²) in [6.45, 7) is 1.40. The van der Waals surface area contributed by atoms with Crippen LogP contribution in [-0.2, 0) is 11.3 Å². The number of nitrogens with one attached hydrogen (secondary N) is 3. The Kier molecular flexibility index (Phi) is 6.84. The van der Waals surface area contributed by atoms with E-state index in [1.54, 1.807) is 12.1 Å². The Morgan fingerprint density at radius 1 is 1.11 bits per heavy atom. The van der Waals surface area contributed by atoms with Gasteiger partial charge in [-0.15, -0.1) is 0 Å². The van der Waals surface area contributed by atoms with E-state index in [4.69, 9.17) is 0 Å². The Hall–Kier alpha value is -2.38. The van der Waals surface area contributed by atoms with Crippen LogP contribution < -0.4 is 16.0 Å². The fraction of sp³-hybridized carbons (Fsp3) is 0.300. The highest BCUT2D eigenvalue weighted by atomic mass is 32.2. The Morgan fingerprint density at radius 2 is 1.85 bits per heavy atom. The van der Waals surface area contributed by atoms with E-state index in [9.17, 15) is 14.0 Å². The first-order valence-electron chi connectivity index (χ1n) is 8.84. The van der Waals surface area contributed by atoms with Gasteiger partial charge in [-0.2, -0.15) is 11.8 Å². The lowest BCUT2D eigenvalue weighted by Crippen LogP contribution is -2.41. The summed E-state index contributed by atoms with van der Waals surface area (Å²) in [7, 11) is 0. The van der Waals surface area contributed by atoms with Gasteiger partial charge in [-0.05, 0) is 42.0 Å². The summed E-state index contributed by atoms with van der Waals surface area (Å²) in [4.78, 5) is 24.2. The minimum Gasteiger partial charge on any atom is -0.352 e. The number of hydrogen-bond acceptors (Lipinski definition) is 4. The van der Waals surface area contributed by atoms with E-state index >= 15 is 0 Å². The summed E-state index contributed by atoms with van der Waals surface area (Å²) in [6, 6.07) is 12.9. The molecule has 3 N–H and O–H groups in total. The Bertz CT molecular complexity index is 775. The molecular weight excluding hydrogens is 365 g/mol. The minimum absolute atomic E-state index is 0.0312. The van der Waals surface area contributed by atoms with E-state index < -0.39 is 0 Å². The van der Waals surface area contributed by atoms with Crippen molar-refractivity contribution >= 4 is 29.3 Å². The number of carbonyl (C=O) groups excluding carboxylic acids is 2. The lowest BCUT2D eigenvalue weighted by atomic mass is 10.1. The van der Waals surface area contributed by atoms with Gasteiger partial charge in [0.1, 0.15) is 5.82 Å². The second kappa shape index (κ2) is 9.53. The maximum absolute atomic E-state index is 12.9. The van der Waals surface area contributed by atoms with Crippen LogP contribution in [0.15, 0.2) is 48.5 Å². The van der Waals surface area contributed by atoms with Crippen LogP contribution in [0.25, 0.3) is 0 Å². The smallest absolute Gasteiger partial charge is 0.255 e. The highest BCUT2D eigenvalue weighted by Crippen LogP contribution is 2.13. The van der Waals surface area contributed by atoms with Gasteiger partial charge in [0, 0.05) is 48.3 Å². The number of anilines is 1. The first kappa shape index (κ1) is 19.4. The van der Waals surface area contributed by atoms with Crippen molar-refractivity contribution in [3.63, 3.8) is 0 Å². The van der Waals surface area contributed by atoms with Gasteiger partial charge in [0.25, 0.3) is 5.91 Å². The lowest BCUT2D eigenvalue weighted by Gasteiger charge is -2.22. The molecule has 1 fully saturated rings. The molecule has 1 aliphatic rings. The quantitative estimate of drug-likeness (QED) is 0.713. The van der Waals surface area contributed by atoms with Crippen LogP contribution >= 0.6 is 11.8 Å². The standard InChI is InChI=1S/C20H22FN3O2S/c21-16-5-3-15(4-6-16)20(26)24-17-7-1-14(2-8-17)12-23-19(25)11-18-13-27-10-9-22-18/h1-8,18,22H,9-13H2,(H,23,25)(H,24,26). The molecule has 1 atom stereocenters. The van der Waals surface area contributed by atoms with Crippen LogP contribution in [0.2, 0.25) is 0 Å². The molecule has 0 spiro atoms. The van der Waals surface area contributed by atoms with Crippen LogP contribution in [0.3, 0.4) is 0 Å². The number of carbonyl (C=O) groups is 2. The zero-order valence-electron chi connectivity index (χ0n) is 14.8.